The van der Waals surface area contributed by atoms with Crippen LogP contribution in [0.3, 0.4) is 0 Å². The van der Waals surface area contributed by atoms with Crippen LogP contribution in [0.4, 0.5) is 0 Å². The molecule has 0 spiro atoms. The van der Waals surface area contributed by atoms with E-state index < -0.39 is 0 Å². The van der Waals surface area contributed by atoms with Crippen molar-refractivity contribution in [1.82, 2.24) is 14.5 Å². The number of piperidine rings is 1. The van der Waals surface area contributed by atoms with E-state index in [-0.39, 0.29) is 11.5 Å². The first-order valence-corrected chi connectivity index (χ1v) is 10.1. The minimum Gasteiger partial charge on any atom is -0.335 e. The minimum atomic E-state index is 0.0341. The van der Waals surface area contributed by atoms with Crippen LogP contribution in [-0.2, 0) is 13.0 Å². The summed E-state index contributed by atoms with van der Waals surface area (Å²) in [6, 6.07) is 5.86. The molecule has 5 rings (SSSR count). The molecule has 3 heterocycles. The van der Waals surface area contributed by atoms with E-state index in [0.29, 0.717) is 28.4 Å². The predicted octanol–water partition coefficient (Wildman–Crippen LogP) is 3.14. The maximum atomic E-state index is 13.2. The first-order chi connectivity index (χ1) is 12.7. The Balaban J connectivity index is 1.51. The normalized spacial score (nSPS) is 25.2. The van der Waals surface area contributed by atoms with Crippen LogP contribution in [0.25, 0.3) is 10.9 Å². The molecule has 0 radical (unpaired) electrons. The van der Waals surface area contributed by atoms with Crippen molar-refractivity contribution >= 4 is 16.8 Å². The molecule has 2 aliphatic heterocycles. The van der Waals surface area contributed by atoms with Crippen LogP contribution in [0, 0.1) is 5.92 Å². The second-order valence-corrected chi connectivity index (χ2v) is 8.07. The summed E-state index contributed by atoms with van der Waals surface area (Å²) in [6.45, 7) is 1.62. The van der Waals surface area contributed by atoms with Crippen LogP contribution in [0.2, 0.25) is 0 Å². The van der Waals surface area contributed by atoms with E-state index in [1.54, 1.807) is 10.6 Å². The smallest absolute Gasteiger partial charge is 0.261 e. The summed E-state index contributed by atoms with van der Waals surface area (Å²) in [6.07, 6.45) is 9.11. The number of rotatable bonds is 1. The second kappa shape index (κ2) is 6.22. The van der Waals surface area contributed by atoms with E-state index >= 15 is 0 Å². The van der Waals surface area contributed by atoms with Gasteiger partial charge in [-0.25, -0.2) is 4.98 Å². The van der Waals surface area contributed by atoms with Gasteiger partial charge in [-0.2, -0.15) is 0 Å². The number of amides is 1. The monoisotopic (exact) mass is 351 g/mol. The fraction of sp³-hybridized carbons (Fsp3) is 0.571. The van der Waals surface area contributed by atoms with Crippen molar-refractivity contribution < 1.29 is 4.79 Å². The van der Waals surface area contributed by atoms with Crippen molar-refractivity contribution in [3.05, 3.63) is 39.9 Å². The molecule has 0 unspecified atom stereocenters. The summed E-state index contributed by atoms with van der Waals surface area (Å²) in [5.41, 5.74) is 1.39. The van der Waals surface area contributed by atoms with E-state index in [4.69, 9.17) is 0 Å². The number of fused-ring (bicyclic) bond motifs is 3. The molecule has 136 valence electrons. The number of hydrogen-bond acceptors (Lipinski definition) is 3. The lowest BCUT2D eigenvalue weighted by Crippen LogP contribution is -2.49. The highest BCUT2D eigenvalue weighted by Crippen LogP contribution is 2.36. The summed E-state index contributed by atoms with van der Waals surface area (Å²) in [7, 11) is 0. The number of carbonyl (C=O) groups excluding carboxylic acids is 1. The predicted molar refractivity (Wildman–Crippen MR) is 100 cm³/mol. The molecular weight excluding hydrogens is 326 g/mol. The molecule has 0 bridgehead atoms. The first-order valence-electron chi connectivity index (χ1n) is 10.1. The van der Waals surface area contributed by atoms with Crippen LogP contribution in [0.1, 0.15) is 61.1 Å². The summed E-state index contributed by atoms with van der Waals surface area (Å²) in [5, 5.41) is 0.626. The van der Waals surface area contributed by atoms with Crippen LogP contribution < -0.4 is 5.56 Å². The minimum absolute atomic E-state index is 0.0341. The van der Waals surface area contributed by atoms with Gasteiger partial charge in [-0.05, 0) is 56.2 Å². The maximum absolute atomic E-state index is 13.2. The van der Waals surface area contributed by atoms with Crippen molar-refractivity contribution in [3.63, 3.8) is 0 Å². The standard InChI is InChI=1S/C21H25N3O2/c25-20(23-11-3-6-14-5-1-2-7-18(14)23)15-9-10-16-17(13-15)22-19-8-4-12-24(19)21(16)26/h9-10,13-14,18H,1-8,11-12H2/t14-,18+/m1/s1. The number of benzene rings is 1. The Kier molecular flexibility index (Phi) is 3.84. The van der Waals surface area contributed by atoms with Gasteiger partial charge in [0.1, 0.15) is 5.82 Å². The number of aromatic nitrogens is 2. The SMILES string of the molecule is O=C(c1ccc2c(=O)n3c(nc2c1)CCC3)N1CCC[C@H]2CCCC[C@@H]21. The van der Waals surface area contributed by atoms with Crippen molar-refractivity contribution in [1.29, 1.82) is 0 Å². The van der Waals surface area contributed by atoms with E-state index in [2.05, 4.69) is 9.88 Å². The van der Waals surface area contributed by atoms with Crippen molar-refractivity contribution in [2.24, 2.45) is 5.92 Å². The molecule has 2 aromatic rings. The molecule has 1 aliphatic carbocycles. The molecule has 2 fully saturated rings. The average Bonchev–Trinajstić information content (AvgIpc) is 3.15. The van der Waals surface area contributed by atoms with Crippen LogP contribution in [-0.4, -0.2) is 32.9 Å². The van der Waals surface area contributed by atoms with Gasteiger partial charge in [0, 0.05) is 31.1 Å². The molecule has 5 heteroatoms. The number of aryl methyl sites for hydroxylation is 1. The Bertz CT molecular complexity index is 931. The highest BCUT2D eigenvalue weighted by Gasteiger charge is 2.36. The summed E-state index contributed by atoms with van der Waals surface area (Å²) in [5.74, 6) is 1.65. The quantitative estimate of drug-likeness (QED) is 0.793. The zero-order valence-corrected chi connectivity index (χ0v) is 15.1. The molecule has 1 aromatic heterocycles. The molecular formula is C21H25N3O2. The van der Waals surface area contributed by atoms with Crippen molar-refractivity contribution in [2.75, 3.05) is 6.54 Å². The number of nitrogens with zero attached hydrogens (tertiary/aromatic N) is 3. The Morgan fingerprint density at radius 2 is 1.88 bits per heavy atom. The summed E-state index contributed by atoms with van der Waals surface area (Å²) >= 11 is 0. The number of hydrogen-bond donors (Lipinski definition) is 0. The molecule has 2 atom stereocenters. The lowest BCUT2D eigenvalue weighted by atomic mass is 9.78. The molecule has 1 amide bonds. The Hall–Kier alpha value is -2.17. The molecule has 1 aromatic carbocycles. The molecule has 0 N–H and O–H groups in total. The third kappa shape index (κ3) is 2.48. The van der Waals surface area contributed by atoms with Gasteiger partial charge in [0.15, 0.2) is 0 Å². The van der Waals surface area contributed by atoms with E-state index in [9.17, 15) is 9.59 Å². The van der Waals surface area contributed by atoms with Crippen LogP contribution in [0.15, 0.2) is 23.0 Å². The third-order valence-electron chi connectivity index (χ3n) is 6.57. The number of likely N-dealkylation sites (tertiary alicyclic amines) is 1. The van der Waals surface area contributed by atoms with E-state index in [1.165, 1.54) is 25.7 Å². The maximum Gasteiger partial charge on any atom is 0.261 e. The van der Waals surface area contributed by atoms with Gasteiger partial charge >= 0.3 is 0 Å². The molecule has 5 nitrogen and oxygen atoms in total. The van der Waals surface area contributed by atoms with Gasteiger partial charge in [-0.15, -0.1) is 0 Å². The Morgan fingerprint density at radius 3 is 2.81 bits per heavy atom. The molecule has 26 heavy (non-hydrogen) atoms. The van der Waals surface area contributed by atoms with Gasteiger partial charge in [0.05, 0.1) is 10.9 Å². The van der Waals surface area contributed by atoms with Crippen LogP contribution in [0.5, 0.6) is 0 Å². The zero-order valence-electron chi connectivity index (χ0n) is 15.1. The van der Waals surface area contributed by atoms with E-state index in [0.717, 1.165) is 44.6 Å². The molecule has 1 saturated carbocycles. The third-order valence-corrected chi connectivity index (χ3v) is 6.57. The average molecular weight is 351 g/mol. The number of carbonyl (C=O) groups is 1. The van der Waals surface area contributed by atoms with Crippen molar-refractivity contribution in [2.45, 2.75) is 64.0 Å². The van der Waals surface area contributed by atoms with Gasteiger partial charge in [-0.3, -0.25) is 14.2 Å². The van der Waals surface area contributed by atoms with Gasteiger partial charge < -0.3 is 4.90 Å². The molecule has 3 aliphatic rings. The second-order valence-electron chi connectivity index (χ2n) is 8.07. The lowest BCUT2D eigenvalue weighted by molar-refractivity contribution is 0.0391. The Labute approximate surface area is 153 Å². The van der Waals surface area contributed by atoms with Gasteiger partial charge in [0.2, 0.25) is 0 Å². The fourth-order valence-electron chi connectivity index (χ4n) is 5.26. The topological polar surface area (TPSA) is 55.2 Å². The van der Waals surface area contributed by atoms with Crippen molar-refractivity contribution in [3.8, 4) is 0 Å². The zero-order chi connectivity index (χ0) is 17.7. The van der Waals surface area contributed by atoms with Crippen LogP contribution >= 0.6 is 0 Å². The Morgan fingerprint density at radius 1 is 1.04 bits per heavy atom. The van der Waals surface area contributed by atoms with Gasteiger partial charge in [0.25, 0.3) is 11.5 Å². The van der Waals surface area contributed by atoms with E-state index in [1.807, 2.05) is 12.1 Å². The summed E-state index contributed by atoms with van der Waals surface area (Å²) in [4.78, 5) is 32.6. The lowest BCUT2D eigenvalue weighted by Gasteiger charge is -2.44. The largest absolute Gasteiger partial charge is 0.335 e. The fourth-order valence-corrected chi connectivity index (χ4v) is 5.26. The summed E-state index contributed by atoms with van der Waals surface area (Å²) < 4.78 is 1.78. The highest BCUT2D eigenvalue weighted by atomic mass is 16.2. The molecule has 1 saturated heterocycles. The van der Waals surface area contributed by atoms with Gasteiger partial charge in [-0.1, -0.05) is 12.8 Å². The first kappa shape index (κ1) is 16.0. The highest BCUT2D eigenvalue weighted by molar-refractivity contribution is 5.98.